The van der Waals surface area contributed by atoms with Gasteiger partial charge < -0.3 is 0 Å². The SMILES string of the molecule is C=CCCCCC1CC2CC1C1C3C=CC(C3)C21. The van der Waals surface area contributed by atoms with Crippen molar-refractivity contribution in [1.29, 1.82) is 0 Å². The van der Waals surface area contributed by atoms with Gasteiger partial charge in [-0.2, -0.15) is 0 Å². The first-order chi connectivity index (χ1) is 8.88. The molecule has 98 valence electrons. The van der Waals surface area contributed by atoms with Gasteiger partial charge in [0.05, 0.1) is 0 Å². The summed E-state index contributed by atoms with van der Waals surface area (Å²) in [4.78, 5) is 0. The van der Waals surface area contributed by atoms with Crippen molar-refractivity contribution in [2.75, 3.05) is 0 Å². The minimum absolute atomic E-state index is 0.992. The Balaban J connectivity index is 1.40. The van der Waals surface area contributed by atoms with Crippen molar-refractivity contribution in [3.8, 4) is 0 Å². The molecule has 0 amide bonds. The van der Waals surface area contributed by atoms with Crippen molar-refractivity contribution in [3.63, 3.8) is 0 Å². The maximum atomic E-state index is 3.83. The molecule has 0 N–H and O–H groups in total. The van der Waals surface area contributed by atoms with Crippen LogP contribution in [0.4, 0.5) is 0 Å². The monoisotopic (exact) mass is 242 g/mol. The molecule has 18 heavy (non-hydrogen) atoms. The highest BCUT2D eigenvalue weighted by Gasteiger charge is 2.60. The molecule has 0 aliphatic heterocycles. The topological polar surface area (TPSA) is 0 Å². The number of hydrogen-bond donors (Lipinski definition) is 0. The van der Waals surface area contributed by atoms with E-state index in [1.165, 1.54) is 32.1 Å². The van der Waals surface area contributed by atoms with E-state index in [-0.39, 0.29) is 0 Å². The number of rotatable bonds is 5. The molecule has 0 aromatic rings. The van der Waals surface area contributed by atoms with E-state index in [1.807, 2.05) is 0 Å². The van der Waals surface area contributed by atoms with E-state index in [9.17, 15) is 0 Å². The number of unbranched alkanes of at least 4 members (excludes halogenated alkanes) is 2. The van der Waals surface area contributed by atoms with Gasteiger partial charge in [0.15, 0.2) is 0 Å². The molecule has 0 heteroatoms. The largest absolute Gasteiger partial charge is 0.103 e. The highest BCUT2D eigenvalue weighted by molar-refractivity contribution is 5.20. The summed E-state index contributed by atoms with van der Waals surface area (Å²) in [7, 11) is 0. The number of allylic oxidation sites excluding steroid dienone is 3. The third-order valence-corrected chi connectivity index (χ3v) is 6.64. The smallest absolute Gasteiger partial charge is 0.0194 e. The van der Waals surface area contributed by atoms with Crippen LogP contribution in [0.1, 0.15) is 44.9 Å². The van der Waals surface area contributed by atoms with Crippen LogP contribution >= 0.6 is 0 Å². The molecule has 4 aliphatic rings. The molecule has 0 radical (unpaired) electrons. The van der Waals surface area contributed by atoms with E-state index in [1.54, 1.807) is 12.8 Å². The van der Waals surface area contributed by atoms with Gasteiger partial charge in [-0.1, -0.05) is 31.1 Å². The van der Waals surface area contributed by atoms with E-state index in [2.05, 4.69) is 24.8 Å². The van der Waals surface area contributed by atoms with Gasteiger partial charge in [0.25, 0.3) is 0 Å². The lowest BCUT2D eigenvalue weighted by Crippen LogP contribution is -2.30. The molecule has 0 spiro atoms. The van der Waals surface area contributed by atoms with Crippen LogP contribution in [0.5, 0.6) is 0 Å². The Labute approximate surface area is 112 Å². The highest BCUT2D eigenvalue weighted by atomic mass is 14.6. The van der Waals surface area contributed by atoms with Crippen molar-refractivity contribution in [2.24, 2.45) is 41.4 Å². The molecule has 4 aliphatic carbocycles. The number of hydrogen-bond acceptors (Lipinski definition) is 0. The maximum Gasteiger partial charge on any atom is -0.0194 e. The average Bonchev–Trinajstić information content (AvgIpc) is 3.10. The van der Waals surface area contributed by atoms with Crippen LogP contribution in [-0.4, -0.2) is 0 Å². The summed E-state index contributed by atoms with van der Waals surface area (Å²) in [6.45, 7) is 3.83. The molecule has 3 saturated carbocycles. The van der Waals surface area contributed by atoms with Gasteiger partial charge in [-0.25, -0.2) is 0 Å². The fraction of sp³-hybridized carbons (Fsp3) is 0.778. The first kappa shape index (κ1) is 11.3. The van der Waals surface area contributed by atoms with Crippen molar-refractivity contribution in [3.05, 3.63) is 24.8 Å². The normalized spacial score (nSPS) is 51.0. The quantitative estimate of drug-likeness (QED) is 0.368. The second kappa shape index (κ2) is 4.25. The van der Waals surface area contributed by atoms with Gasteiger partial charge in [-0.05, 0) is 73.5 Å². The Hall–Kier alpha value is -0.520. The zero-order chi connectivity index (χ0) is 12.1. The molecular formula is C18H26. The Morgan fingerprint density at radius 1 is 1.00 bits per heavy atom. The lowest BCUT2D eigenvalue weighted by atomic mass is 9.68. The fourth-order valence-corrected chi connectivity index (χ4v) is 6.18. The molecule has 3 fully saturated rings. The summed E-state index contributed by atoms with van der Waals surface area (Å²) >= 11 is 0. The Morgan fingerprint density at radius 3 is 2.67 bits per heavy atom. The van der Waals surface area contributed by atoms with E-state index in [4.69, 9.17) is 0 Å². The summed E-state index contributed by atoms with van der Waals surface area (Å²) in [6, 6.07) is 0. The molecule has 0 nitrogen and oxygen atoms in total. The number of fused-ring (bicyclic) bond motifs is 9. The Kier molecular flexibility index (Phi) is 2.67. The van der Waals surface area contributed by atoms with Crippen LogP contribution in [0.15, 0.2) is 24.8 Å². The molecule has 0 aromatic heterocycles. The lowest BCUT2D eigenvalue weighted by Gasteiger charge is -2.36. The summed E-state index contributed by atoms with van der Waals surface area (Å²) in [6.07, 6.45) is 17.5. The van der Waals surface area contributed by atoms with Gasteiger partial charge in [0.1, 0.15) is 0 Å². The molecule has 0 saturated heterocycles. The van der Waals surface area contributed by atoms with Gasteiger partial charge in [0, 0.05) is 0 Å². The van der Waals surface area contributed by atoms with Gasteiger partial charge >= 0.3 is 0 Å². The second-order valence-electron chi connectivity index (χ2n) is 7.33. The lowest BCUT2D eigenvalue weighted by molar-refractivity contribution is 0.142. The van der Waals surface area contributed by atoms with Crippen LogP contribution in [0.25, 0.3) is 0 Å². The predicted molar refractivity (Wildman–Crippen MR) is 76.1 cm³/mol. The summed E-state index contributed by atoms with van der Waals surface area (Å²) in [5, 5.41) is 0. The third-order valence-electron chi connectivity index (χ3n) is 6.64. The zero-order valence-electron chi connectivity index (χ0n) is 11.4. The summed E-state index contributed by atoms with van der Waals surface area (Å²) in [5.41, 5.74) is 0. The van der Waals surface area contributed by atoms with Gasteiger partial charge in [-0.3, -0.25) is 0 Å². The Morgan fingerprint density at radius 2 is 1.83 bits per heavy atom. The van der Waals surface area contributed by atoms with Crippen LogP contribution in [-0.2, 0) is 0 Å². The molecule has 7 unspecified atom stereocenters. The first-order valence-corrected chi connectivity index (χ1v) is 8.17. The standard InChI is InChI=1S/C18H26/c1-2-3-4-5-6-12-9-15-11-16(12)18-14-8-7-13(10-14)17(15)18/h2,7-8,12-18H,1,3-6,9-11H2. The fourth-order valence-electron chi connectivity index (χ4n) is 6.18. The molecule has 4 bridgehead atoms. The summed E-state index contributed by atoms with van der Waals surface area (Å²) in [5.74, 6) is 7.54. The molecule has 4 rings (SSSR count). The predicted octanol–water partition coefficient (Wildman–Crippen LogP) is 4.83. The van der Waals surface area contributed by atoms with Gasteiger partial charge in [-0.15, -0.1) is 6.58 Å². The van der Waals surface area contributed by atoms with Crippen LogP contribution in [0, 0.1) is 41.4 Å². The van der Waals surface area contributed by atoms with Crippen LogP contribution in [0.2, 0.25) is 0 Å². The van der Waals surface area contributed by atoms with Crippen LogP contribution in [0.3, 0.4) is 0 Å². The Bertz CT molecular complexity index is 366. The second-order valence-corrected chi connectivity index (χ2v) is 7.33. The van der Waals surface area contributed by atoms with E-state index >= 15 is 0 Å². The van der Waals surface area contributed by atoms with Crippen molar-refractivity contribution >= 4 is 0 Å². The van der Waals surface area contributed by atoms with E-state index in [0.717, 1.165) is 41.4 Å². The summed E-state index contributed by atoms with van der Waals surface area (Å²) < 4.78 is 0. The first-order valence-electron chi connectivity index (χ1n) is 8.17. The van der Waals surface area contributed by atoms with Crippen LogP contribution < -0.4 is 0 Å². The highest BCUT2D eigenvalue weighted by Crippen LogP contribution is 2.67. The molecule has 0 aromatic carbocycles. The molecular weight excluding hydrogens is 216 g/mol. The minimum atomic E-state index is 0.992. The van der Waals surface area contributed by atoms with Crippen molar-refractivity contribution in [1.82, 2.24) is 0 Å². The van der Waals surface area contributed by atoms with Gasteiger partial charge in [0.2, 0.25) is 0 Å². The zero-order valence-corrected chi connectivity index (χ0v) is 11.4. The van der Waals surface area contributed by atoms with Crippen molar-refractivity contribution in [2.45, 2.75) is 44.9 Å². The third kappa shape index (κ3) is 1.50. The maximum absolute atomic E-state index is 3.83. The minimum Gasteiger partial charge on any atom is -0.103 e. The van der Waals surface area contributed by atoms with Crippen molar-refractivity contribution < 1.29 is 0 Å². The average molecular weight is 242 g/mol. The molecule has 7 atom stereocenters. The van der Waals surface area contributed by atoms with E-state index in [0.29, 0.717) is 0 Å². The molecule has 0 heterocycles. The van der Waals surface area contributed by atoms with E-state index < -0.39 is 0 Å².